The molecule has 0 aliphatic rings. The molecular weight excluding hydrogens is 129 g/mol. The van der Waals surface area contributed by atoms with Crippen molar-refractivity contribution in [3.63, 3.8) is 0 Å². The second-order valence-corrected chi connectivity index (χ2v) is 3.34. The maximum absolute atomic E-state index is 10.7. The first kappa shape index (κ1) is 8.11. The molecule has 0 fully saturated rings. The summed E-state index contributed by atoms with van der Waals surface area (Å²) in [6, 6.07) is 0. The van der Waals surface area contributed by atoms with Crippen LogP contribution in [0.2, 0.25) is 0 Å². The SMILES string of the molecule is CNOP(C)(=O)OC. The van der Waals surface area contributed by atoms with Gasteiger partial charge >= 0.3 is 7.60 Å². The molecule has 0 saturated heterocycles. The van der Waals surface area contributed by atoms with E-state index in [4.69, 9.17) is 0 Å². The van der Waals surface area contributed by atoms with Crippen LogP contribution in [0.4, 0.5) is 0 Å². The first-order valence-corrected chi connectivity index (χ1v) is 4.10. The van der Waals surface area contributed by atoms with Gasteiger partial charge in [0.1, 0.15) is 0 Å². The van der Waals surface area contributed by atoms with E-state index in [1.807, 2.05) is 0 Å². The van der Waals surface area contributed by atoms with Crippen molar-refractivity contribution >= 4 is 7.60 Å². The van der Waals surface area contributed by atoms with E-state index in [1.54, 1.807) is 0 Å². The molecule has 0 rings (SSSR count). The predicted octanol–water partition coefficient (Wildman–Crippen LogP) is 0.607. The molecular formula is C3H10NO3P. The molecule has 0 spiro atoms. The van der Waals surface area contributed by atoms with Gasteiger partial charge in [0.15, 0.2) is 0 Å². The third-order valence-electron chi connectivity index (χ3n) is 0.589. The molecule has 0 aromatic heterocycles. The van der Waals surface area contributed by atoms with Gasteiger partial charge in [0.05, 0.1) is 0 Å². The van der Waals surface area contributed by atoms with Crippen LogP contribution in [0.3, 0.4) is 0 Å². The van der Waals surface area contributed by atoms with Gasteiger partial charge in [-0.3, -0.25) is 4.57 Å². The number of hydroxylamine groups is 1. The molecule has 0 aliphatic heterocycles. The minimum Gasteiger partial charge on any atom is -0.311 e. The molecule has 0 aromatic rings. The van der Waals surface area contributed by atoms with Crippen LogP contribution in [-0.4, -0.2) is 20.8 Å². The van der Waals surface area contributed by atoms with Crippen molar-refractivity contribution in [3.8, 4) is 0 Å². The molecule has 4 nitrogen and oxygen atoms in total. The Morgan fingerprint density at radius 1 is 1.62 bits per heavy atom. The van der Waals surface area contributed by atoms with Crippen LogP contribution in [0.25, 0.3) is 0 Å². The molecule has 1 atom stereocenters. The molecule has 50 valence electrons. The summed E-state index contributed by atoms with van der Waals surface area (Å²) in [5.41, 5.74) is 2.27. The first-order valence-electron chi connectivity index (χ1n) is 2.11. The Labute approximate surface area is 48.7 Å². The molecule has 0 amide bonds. The van der Waals surface area contributed by atoms with Gasteiger partial charge in [0.2, 0.25) is 0 Å². The number of nitrogens with one attached hydrogen (secondary N) is 1. The van der Waals surface area contributed by atoms with Crippen molar-refractivity contribution < 1.29 is 13.7 Å². The van der Waals surface area contributed by atoms with E-state index in [1.165, 1.54) is 20.8 Å². The summed E-state index contributed by atoms with van der Waals surface area (Å²) in [4.78, 5) is 0. The fourth-order valence-electron chi connectivity index (χ4n) is 0.203. The van der Waals surface area contributed by atoms with Gasteiger partial charge in [-0.15, -0.1) is 0 Å². The molecule has 5 heteroatoms. The average molecular weight is 139 g/mol. The van der Waals surface area contributed by atoms with Gasteiger partial charge in [0, 0.05) is 20.8 Å². The van der Waals surface area contributed by atoms with Gasteiger partial charge in [-0.2, -0.15) is 5.48 Å². The minimum absolute atomic E-state index is 1.33. The highest BCUT2D eigenvalue weighted by Crippen LogP contribution is 2.40. The van der Waals surface area contributed by atoms with Gasteiger partial charge < -0.3 is 4.52 Å². The summed E-state index contributed by atoms with van der Waals surface area (Å²) in [7, 11) is 0.0699. The van der Waals surface area contributed by atoms with Gasteiger partial charge in [0.25, 0.3) is 0 Å². The normalized spacial score (nSPS) is 17.9. The zero-order valence-corrected chi connectivity index (χ0v) is 6.07. The van der Waals surface area contributed by atoms with E-state index in [0.29, 0.717) is 0 Å². The predicted molar refractivity (Wildman–Crippen MR) is 30.7 cm³/mol. The zero-order chi connectivity index (χ0) is 6.62. The standard InChI is InChI=1S/C3H10NO3P/c1-4-7-8(3,5)6-2/h4H,1-3H3. The van der Waals surface area contributed by atoms with E-state index in [0.717, 1.165) is 0 Å². The Balaban J connectivity index is 3.55. The summed E-state index contributed by atoms with van der Waals surface area (Å²) in [5.74, 6) is 0. The van der Waals surface area contributed by atoms with Crippen molar-refractivity contribution in [1.82, 2.24) is 5.48 Å². The van der Waals surface area contributed by atoms with E-state index in [2.05, 4.69) is 14.6 Å². The third-order valence-corrected chi connectivity index (χ3v) is 1.77. The van der Waals surface area contributed by atoms with Crippen molar-refractivity contribution in [2.75, 3.05) is 20.8 Å². The molecule has 1 N–H and O–H groups in total. The summed E-state index contributed by atoms with van der Waals surface area (Å²) in [6.07, 6.45) is 0. The zero-order valence-electron chi connectivity index (χ0n) is 5.17. The summed E-state index contributed by atoms with van der Waals surface area (Å²) >= 11 is 0. The van der Waals surface area contributed by atoms with Crippen molar-refractivity contribution in [2.24, 2.45) is 0 Å². The van der Waals surface area contributed by atoms with Crippen LogP contribution in [-0.2, 0) is 13.7 Å². The maximum Gasteiger partial charge on any atom is 0.343 e. The van der Waals surface area contributed by atoms with E-state index >= 15 is 0 Å². The lowest BCUT2D eigenvalue weighted by Gasteiger charge is -2.07. The Bertz CT molecular complexity index is 105. The fraction of sp³-hybridized carbons (Fsp3) is 1.00. The van der Waals surface area contributed by atoms with Crippen LogP contribution in [0.5, 0.6) is 0 Å². The summed E-state index contributed by atoms with van der Waals surface area (Å²) in [5, 5.41) is 0. The van der Waals surface area contributed by atoms with Crippen LogP contribution in [0.15, 0.2) is 0 Å². The fourth-order valence-corrected chi connectivity index (χ4v) is 0.609. The Kier molecular flexibility index (Phi) is 3.24. The largest absolute Gasteiger partial charge is 0.343 e. The Hall–Kier alpha value is 0.110. The Morgan fingerprint density at radius 2 is 2.12 bits per heavy atom. The molecule has 0 aromatic carbocycles. The topological polar surface area (TPSA) is 47.6 Å². The highest BCUT2D eigenvalue weighted by molar-refractivity contribution is 7.52. The third kappa shape index (κ3) is 3.16. The van der Waals surface area contributed by atoms with E-state index in [-0.39, 0.29) is 0 Å². The second-order valence-electron chi connectivity index (χ2n) is 1.25. The minimum atomic E-state index is -2.78. The summed E-state index contributed by atoms with van der Waals surface area (Å²) in [6.45, 7) is 1.38. The number of rotatable bonds is 3. The van der Waals surface area contributed by atoms with Crippen LogP contribution < -0.4 is 5.48 Å². The number of hydrogen-bond acceptors (Lipinski definition) is 4. The lowest BCUT2D eigenvalue weighted by molar-refractivity contribution is 0.176. The average Bonchev–Trinajstić information content (AvgIpc) is 1.67. The van der Waals surface area contributed by atoms with E-state index in [9.17, 15) is 4.57 Å². The van der Waals surface area contributed by atoms with Gasteiger partial charge in [-0.1, -0.05) is 0 Å². The number of hydrogen-bond donors (Lipinski definition) is 1. The van der Waals surface area contributed by atoms with Crippen molar-refractivity contribution in [1.29, 1.82) is 0 Å². The molecule has 0 aliphatic carbocycles. The first-order chi connectivity index (χ1) is 3.62. The van der Waals surface area contributed by atoms with Crippen LogP contribution >= 0.6 is 7.60 Å². The lowest BCUT2D eigenvalue weighted by atomic mass is 11.6. The van der Waals surface area contributed by atoms with Crippen LogP contribution in [0.1, 0.15) is 0 Å². The molecule has 0 radical (unpaired) electrons. The van der Waals surface area contributed by atoms with Gasteiger partial charge in [-0.05, 0) is 0 Å². The molecule has 8 heavy (non-hydrogen) atoms. The lowest BCUT2D eigenvalue weighted by Crippen LogP contribution is -2.04. The molecule has 0 bridgehead atoms. The monoisotopic (exact) mass is 139 g/mol. The maximum atomic E-state index is 10.7. The highest BCUT2D eigenvalue weighted by atomic mass is 31.2. The second kappa shape index (κ2) is 3.20. The smallest absolute Gasteiger partial charge is 0.311 e. The highest BCUT2D eigenvalue weighted by Gasteiger charge is 2.11. The quantitative estimate of drug-likeness (QED) is 0.459. The molecule has 0 heterocycles. The van der Waals surface area contributed by atoms with Gasteiger partial charge in [-0.25, -0.2) is 4.62 Å². The molecule has 1 unspecified atom stereocenters. The molecule has 0 saturated carbocycles. The van der Waals surface area contributed by atoms with Crippen molar-refractivity contribution in [2.45, 2.75) is 0 Å². The van der Waals surface area contributed by atoms with Crippen molar-refractivity contribution in [3.05, 3.63) is 0 Å². The van der Waals surface area contributed by atoms with E-state index < -0.39 is 7.60 Å². The Morgan fingerprint density at radius 3 is 2.25 bits per heavy atom. The summed E-state index contributed by atoms with van der Waals surface area (Å²) < 4.78 is 19.6. The van der Waals surface area contributed by atoms with Crippen LogP contribution in [0, 0.1) is 0 Å².